The molecule has 0 bridgehead atoms. The summed E-state index contributed by atoms with van der Waals surface area (Å²) in [7, 11) is 0. The molecule has 0 N–H and O–H groups in total. The van der Waals surface area contributed by atoms with Gasteiger partial charge in [-0.05, 0) is 0 Å². The van der Waals surface area contributed by atoms with Crippen LogP contribution in [0.15, 0.2) is 22.3 Å². The van der Waals surface area contributed by atoms with Crippen molar-refractivity contribution in [1.82, 2.24) is 0 Å². The summed E-state index contributed by atoms with van der Waals surface area (Å²) < 4.78 is 0. The molecule has 0 spiro atoms. The van der Waals surface area contributed by atoms with E-state index in [9.17, 15) is 0 Å². The molecule has 1 heteroatoms. The van der Waals surface area contributed by atoms with Crippen LogP contribution < -0.4 is 0 Å². The van der Waals surface area contributed by atoms with Crippen molar-refractivity contribution in [3.63, 3.8) is 0 Å². The van der Waals surface area contributed by atoms with Crippen LogP contribution >= 0.6 is 0 Å². The van der Waals surface area contributed by atoms with E-state index in [1.807, 2.05) is 13.8 Å². The van der Waals surface area contributed by atoms with Crippen LogP contribution in [0, 0.1) is 12.2 Å². The maximum absolute atomic E-state index is 3.16. The van der Waals surface area contributed by atoms with E-state index >= 15 is 0 Å². The second-order valence-electron chi connectivity index (χ2n) is 3.12. The summed E-state index contributed by atoms with van der Waals surface area (Å²) in [5.74, 6) is 0. The Kier molecular flexibility index (Phi) is 9.35. The first-order chi connectivity index (χ1) is 5.54. The van der Waals surface area contributed by atoms with Crippen LogP contribution in [0.25, 0.3) is 0 Å². The van der Waals surface area contributed by atoms with Crippen LogP contribution in [0.5, 0.6) is 0 Å². The number of rotatable bonds is 2. The maximum atomic E-state index is 3.16. The summed E-state index contributed by atoms with van der Waals surface area (Å²) in [6.07, 6.45) is 6.32. The van der Waals surface area contributed by atoms with Crippen molar-refractivity contribution in [2.45, 2.75) is 41.5 Å². The fourth-order valence-corrected chi connectivity index (χ4v) is 1.28. The molecule has 0 rings (SSSR count). The van der Waals surface area contributed by atoms with Crippen molar-refractivity contribution in [3.05, 3.63) is 34.4 Å². The standard InChI is InChI=1S/C12H18.Y/c1-7-10(5)12(9(3)4)11(6)8-2;/h1-6H3;/q-2;. The molecular weight excluding hydrogens is 233 g/mol. The number of allylic oxidation sites excluding steroid dienone is 6. The van der Waals surface area contributed by atoms with Gasteiger partial charge in [0.2, 0.25) is 0 Å². The van der Waals surface area contributed by atoms with E-state index < -0.39 is 0 Å². The van der Waals surface area contributed by atoms with Crippen molar-refractivity contribution in [2.75, 3.05) is 0 Å². The predicted molar refractivity (Wildman–Crippen MR) is 54.6 cm³/mol. The maximum Gasteiger partial charge on any atom is 0 e. The fourth-order valence-electron chi connectivity index (χ4n) is 1.28. The SMILES string of the molecule is C[C-]=C(C)C(C(C)=[C-]C)=C(C)C.[Y]. The molecule has 0 aromatic rings. The van der Waals surface area contributed by atoms with Gasteiger partial charge >= 0.3 is 0 Å². The molecule has 0 amide bonds. The predicted octanol–water partition coefficient (Wildman–Crippen LogP) is 3.86. The van der Waals surface area contributed by atoms with E-state index in [1.54, 1.807) is 0 Å². The van der Waals surface area contributed by atoms with Gasteiger partial charge in [0, 0.05) is 32.7 Å². The Bertz CT molecular complexity index is 218. The smallest absolute Gasteiger partial charge is 0 e. The first-order valence-electron chi connectivity index (χ1n) is 4.25. The quantitative estimate of drug-likeness (QED) is 0.516. The summed E-state index contributed by atoms with van der Waals surface area (Å²) in [5, 5.41) is 0. The first kappa shape index (κ1) is 15.8. The molecule has 0 unspecified atom stereocenters. The molecule has 0 aliphatic heterocycles. The Labute approximate surface area is 108 Å². The molecule has 0 nitrogen and oxygen atoms in total. The zero-order valence-electron chi connectivity index (χ0n) is 9.58. The Morgan fingerprint density at radius 3 is 1.23 bits per heavy atom. The molecule has 0 fully saturated rings. The van der Waals surface area contributed by atoms with Gasteiger partial charge in [0.15, 0.2) is 0 Å². The third-order valence-electron chi connectivity index (χ3n) is 2.00. The van der Waals surface area contributed by atoms with E-state index in [2.05, 4.69) is 39.8 Å². The molecule has 0 aliphatic carbocycles. The average Bonchev–Trinajstić information content (AvgIpc) is 2.03. The monoisotopic (exact) mass is 251 g/mol. The Morgan fingerprint density at radius 2 is 1.08 bits per heavy atom. The second kappa shape index (κ2) is 7.70. The summed E-state index contributed by atoms with van der Waals surface area (Å²) in [6.45, 7) is 12.3. The van der Waals surface area contributed by atoms with Gasteiger partial charge in [0.05, 0.1) is 0 Å². The second-order valence-corrected chi connectivity index (χ2v) is 3.12. The molecule has 0 heterocycles. The zero-order valence-corrected chi connectivity index (χ0v) is 12.4. The average molecular weight is 251 g/mol. The topological polar surface area (TPSA) is 0 Å². The molecule has 1 radical (unpaired) electrons. The number of hydrogen-bond acceptors (Lipinski definition) is 0. The molecule has 71 valence electrons. The van der Waals surface area contributed by atoms with Crippen molar-refractivity contribution in [2.24, 2.45) is 0 Å². The van der Waals surface area contributed by atoms with Crippen molar-refractivity contribution in [3.8, 4) is 0 Å². The molecule has 0 saturated heterocycles. The third kappa shape index (κ3) is 4.93. The molecule has 13 heavy (non-hydrogen) atoms. The van der Waals surface area contributed by atoms with Gasteiger partial charge in [-0.2, -0.15) is 11.1 Å². The van der Waals surface area contributed by atoms with E-state index in [0.717, 1.165) is 0 Å². The van der Waals surface area contributed by atoms with Crippen molar-refractivity contribution < 1.29 is 32.7 Å². The van der Waals surface area contributed by atoms with Gasteiger partial charge < -0.3 is 0 Å². The van der Waals surface area contributed by atoms with Crippen LogP contribution in [0.2, 0.25) is 0 Å². The van der Waals surface area contributed by atoms with Gasteiger partial charge in [-0.3, -0.25) is 12.2 Å². The Balaban J connectivity index is 0. The first-order valence-corrected chi connectivity index (χ1v) is 4.25. The van der Waals surface area contributed by atoms with Crippen LogP contribution in [-0.2, 0) is 32.7 Å². The van der Waals surface area contributed by atoms with Crippen LogP contribution in [0.1, 0.15) is 41.5 Å². The normalized spacial score (nSPS) is 12.2. The molecule has 0 aromatic carbocycles. The van der Waals surface area contributed by atoms with Gasteiger partial charge in [-0.1, -0.05) is 27.7 Å². The van der Waals surface area contributed by atoms with Gasteiger partial charge in [-0.15, -0.1) is 13.8 Å². The van der Waals surface area contributed by atoms with Gasteiger partial charge in [-0.25, -0.2) is 11.1 Å². The summed E-state index contributed by atoms with van der Waals surface area (Å²) in [6, 6.07) is 0. The van der Waals surface area contributed by atoms with Crippen LogP contribution in [0.4, 0.5) is 0 Å². The Morgan fingerprint density at radius 1 is 0.769 bits per heavy atom. The Hall–Kier alpha value is 0.324. The van der Waals surface area contributed by atoms with Crippen molar-refractivity contribution >= 4 is 0 Å². The fraction of sp³-hybridized carbons (Fsp3) is 0.500. The molecule has 0 atom stereocenters. The zero-order chi connectivity index (χ0) is 9.72. The van der Waals surface area contributed by atoms with Crippen LogP contribution in [0.3, 0.4) is 0 Å². The minimum absolute atomic E-state index is 0. The van der Waals surface area contributed by atoms with E-state index in [4.69, 9.17) is 0 Å². The van der Waals surface area contributed by atoms with Gasteiger partial charge in [0.1, 0.15) is 0 Å². The van der Waals surface area contributed by atoms with Gasteiger partial charge in [0.25, 0.3) is 0 Å². The van der Waals surface area contributed by atoms with E-state index in [-0.39, 0.29) is 32.7 Å². The molecule has 0 saturated carbocycles. The largest absolute Gasteiger partial charge is 0.275 e. The van der Waals surface area contributed by atoms with Crippen molar-refractivity contribution in [1.29, 1.82) is 0 Å². The minimum atomic E-state index is 0. The minimum Gasteiger partial charge on any atom is -0.275 e. The number of hydrogen-bond donors (Lipinski definition) is 0. The molecular formula is C12H18Y-2. The summed E-state index contributed by atoms with van der Waals surface area (Å²) in [5.41, 5.74) is 5.04. The molecule has 0 aromatic heterocycles. The molecule has 0 aliphatic rings. The van der Waals surface area contributed by atoms with E-state index in [1.165, 1.54) is 22.3 Å². The van der Waals surface area contributed by atoms with E-state index in [0.29, 0.717) is 0 Å². The third-order valence-corrected chi connectivity index (χ3v) is 2.00. The van der Waals surface area contributed by atoms with Crippen LogP contribution in [-0.4, -0.2) is 0 Å². The summed E-state index contributed by atoms with van der Waals surface area (Å²) in [4.78, 5) is 0. The summed E-state index contributed by atoms with van der Waals surface area (Å²) >= 11 is 0.